The number of imidazole rings is 1. The molecule has 3 N–H and O–H groups in total. The zero-order valence-corrected chi connectivity index (χ0v) is 16.6. The Morgan fingerprint density at radius 1 is 1.10 bits per heavy atom. The van der Waals surface area contributed by atoms with Crippen LogP contribution in [0, 0.1) is 13.8 Å². The number of aryl methyl sites for hydroxylation is 2. The number of nitrogens with zero attached hydrogens (tertiary/aromatic N) is 3. The number of aromatic amines is 2. The standard InChI is InChI=1S/C22H20N6O2/c1-12-15(13(2)28-21(23-12)16-5-3-4-6-17(16)27-28)8-10-20(29)24-14-7-9-18-19(11-14)26-22(30)25-18/h3-7,9,11H,8,10H2,1-2H3,(H,24,29)(H2,25,26,30). The molecule has 0 aliphatic carbocycles. The van der Waals surface area contributed by atoms with Gasteiger partial charge in [-0.1, -0.05) is 12.1 Å². The number of aromatic nitrogens is 5. The molecule has 0 bridgehead atoms. The Hall–Kier alpha value is -3.94. The van der Waals surface area contributed by atoms with Gasteiger partial charge >= 0.3 is 5.69 Å². The van der Waals surface area contributed by atoms with Crippen molar-refractivity contribution in [1.82, 2.24) is 24.6 Å². The third-order valence-corrected chi connectivity index (χ3v) is 5.42. The van der Waals surface area contributed by atoms with Crippen LogP contribution in [0.2, 0.25) is 0 Å². The molecular weight excluding hydrogens is 380 g/mol. The van der Waals surface area contributed by atoms with E-state index in [0.717, 1.165) is 33.5 Å². The van der Waals surface area contributed by atoms with E-state index >= 15 is 0 Å². The Kier molecular flexibility index (Phi) is 4.13. The second-order valence-corrected chi connectivity index (χ2v) is 7.40. The van der Waals surface area contributed by atoms with E-state index in [-0.39, 0.29) is 11.6 Å². The van der Waals surface area contributed by atoms with Gasteiger partial charge in [-0.25, -0.2) is 14.3 Å². The summed E-state index contributed by atoms with van der Waals surface area (Å²) in [5, 5.41) is 8.58. The molecule has 0 atom stereocenters. The quantitative estimate of drug-likeness (QED) is 0.430. The van der Waals surface area contributed by atoms with E-state index in [1.807, 2.05) is 42.6 Å². The monoisotopic (exact) mass is 400 g/mol. The molecule has 0 spiro atoms. The number of fused-ring (bicyclic) bond motifs is 4. The molecule has 5 aromatic rings. The van der Waals surface area contributed by atoms with E-state index in [1.54, 1.807) is 18.2 Å². The van der Waals surface area contributed by atoms with Gasteiger partial charge in [-0.05, 0) is 56.2 Å². The molecule has 0 aliphatic heterocycles. The van der Waals surface area contributed by atoms with E-state index in [2.05, 4.69) is 20.4 Å². The first-order valence-electron chi connectivity index (χ1n) is 9.75. The van der Waals surface area contributed by atoms with Crippen LogP contribution in [0.1, 0.15) is 23.4 Å². The molecule has 0 aliphatic rings. The van der Waals surface area contributed by atoms with E-state index in [4.69, 9.17) is 4.98 Å². The lowest BCUT2D eigenvalue weighted by Crippen LogP contribution is -2.14. The molecular formula is C22H20N6O2. The van der Waals surface area contributed by atoms with Crippen molar-refractivity contribution in [3.63, 3.8) is 0 Å². The van der Waals surface area contributed by atoms with Crippen molar-refractivity contribution >= 4 is 39.2 Å². The van der Waals surface area contributed by atoms with Crippen LogP contribution < -0.4 is 11.0 Å². The van der Waals surface area contributed by atoms with E-state index in [0.29, 0.717) is 29.6 Å². The lowest BCUT2D eigenvalue weighted by molar-refractivity contribution is -0.116. The van der Waals surface area contributed by atoms with Gasteiger partial charge in [-0.3, -0.25) is 4.79 Å². The predicted molar refractivity (Wildman–Crippen MR) is 116 cm³/mol. The molecule has 0 saturated carbocycles. The van der Waals surface area contributed by atoms with Crippen molar-refractivity contribution in [2.45, 2.75) is 26.7 Å². The number of benzene rings is 2. The number of nitrogens with one attached hydrogen (secondary N) is 3. The van der Waals surface area contributed by atoms with Gasteiger partial charge in [-0.15, -0.1) is 0 Å². The van der Waals surface area contributed by atoms with Gasteiger partial charge in [0.15, 0.2) is 5.65 Å². The topological polar surface area (TPSA) is 108 Å². The number of rotatable bonds is 4. The molecule has 2 aromatic carbocycles. The average Bonchev–Trinajstić information content (AvgIpc) is 3.27. The Balaban J connectivity index is 1.37. The molecule has 3 aromatic heterocycles. The van der Waals surface area contributed by atoms with Crippen molar-refractivity contribution in [3.8, 4) is 0 Å². The third kappa shape index (κ3) is 3.02. The Morgan fingerprint density at radius 2 is 1.90 bits per heavy atom. The normalized spacial score (nSPS) is 11.5. The highest BCUT2D eigenvalue weighted by Gasteiger charge is 2.15. The summed E-state index contributed by atoms with van der Waals surface area (Å²) in [6.07, 6.45) is 0.878. The van der Waals surface area contributed by atoms with E-state index < -0.39 is 0 Å². The molecule has 1 amide bonds. The van der Waals surface area contributed by atoms with Crippen molar-refractivity contribution in [3.05, 3.63) is 69.9 Å². The van der Waals surface area contributed by atoms with Crippen molar-refractivity contribution in [2.75, 3.05) is 5.32 Å². The van der Waals surface area contributed by atoms with E-state index in [9.17, 15) is 9.59 Å². The molecule has 5 rings (SSSR count). The first kappa shape index (κ1) is 18.1. The molecule has 0 radical (unpaired) electrons. The van der Waals surface area contributed by atoms with Crippen molar-refractivity contribution in [2.24, 2.45) is 0 Å². The van der Waals surface area contributed by atoms with E-state index in [1.165, 1.54) is 0 Å². The van der Waals surface area contributed by atoms with Gasteiger partial charge in [0.05, 0.1) is 16.6 Å². The lowest BCUT2D eigenvalue weighted by Gasteiger charge is -2.11. The summed E-state index contributed by atoms with van der Waals surface area (Å²) in [6, 6.07) is 13.2. The number of H-pyrrole nitrogens is 2. The van der Waals surface area contributed by atoms with Crippen LogP contribution in [-0.4, -0.2) is 30.5 Å². The fraction of sp³-hybridized carbons (Fsp3) is 0.182. The average molecular weight is 400 g/mol. The summed E-state index contributed by atoms with van der Waals surface area (Å²) < 4.78 is 1.86. The highest BCUT2D eigenvalue weighted by atomic mass is 16.1. The minimum Gasteiger partial charge on any atom is -0.326 e. The number of carbonyl (C=O) groups excluding carboxylic acids is 1. The Morgan fingerprint density at radius 3 is 2.77 bits per heavy atom. The molecule has 0 saturated heterocycles. The smallest absolute Gasteiger partial charge is 0.323 e. The zero-order valence-electron chi connectivity index (χ0n) is 16.6. The number of amides is 1. The molecule has 3 heterocycles. The van der Waals surface area contributed by atoms with Gasteiger partial charge in [0, 0.05) is 28.9 Å². The molecule has 150 valence electrons. The SMILES string of the molecule is Cc1nc2c3ccccc3nn2c(C)c1CCC(=O)Nc1ccc2[nH]c(=O)[nH]c2c1. The molecule has 8 heteroatoms. The Bertz CT molecular complexity index is 1490. The Labute approximate surface area is 171 Å². The molecule has 0 fully saturated rings. The second kappa shape index (κ2) is 6.84. The van der Waals surface area contributed by atoms with Gasteiger partial charge in [0.1, 0.15) is 0 Å². The summed E-state index contributed by atoms with van der Waals surface area (Å²) in [4.78, 5) is 34.0. The van der Waals surface area contributed by atoms with Gasteiger partial charge in [-0.2, -0.15) is 5.10 Å². The van der Waals surface area contributed by atoms with Crippen molar-refractivity contribution in [1.29, 1.82) is 0 Å². The third-order valence-electron chi connectivity index (χ3n) is 5.42. The zero-order chi connectivity index (χ0) is 20.8. The minimum absolute atomic E-state index is 0.100. The highest BCUT2D eigenvalue weighted by molar-refractivity contribution is 5.93. The van der Waals surface area contributed by atoms with Crippen LogP contribution in [0.5, 0.6) is 0 Å². The number of hydrogen-bond donors (Lipinski definition) is 3. The minimum atomic E-state index is -0.270. The first-order valence-corrected chi connectivity index (χ1v) is 9.75. The first-order chi connectivity index (χ1) is 14.5. The van der Waals surface area contributed by atoms with Crippen molar-refractivity contribution < 1.29 is 4.79 Å². The maximum Gasteiger partial charge on any atom is 0.323 e. The largest absolute Gasteiger partial charge is 0.326 e. The summed E-state index contributed by atoms with van der Waals surface area (Å²) >= 11 is 0. The summed E-state index contributed by atoms with van der Waals surface area (Å²) in [5.74, 6) is -0.100. The molecule has 8 nitrogen and oxygen atoms in total. The summed E-state index contributed by atoms with van der Waals surface area (Å²) in [7, 11) is 0. The van der Waals surface area contributed by atoms with Crippen LogP contribution in [-0.2, 0) is 11.2 Å². The maximum absolute atomic E-state index is 12.5. The van der Waals surface area contributed by atoms with Crippen LogP contribution in [0.25, 0.3) is 27.6 Å². The summed E-state index contributed by atoms with van der Waals surface area (Å²) in [5.41, 5.74) is 6.40. The predicted octanol–water partition coefficient (Wildman–Crippen LogP) is 3.24. The highest BCUT2D eigenvalue weighted by Crippen LogP contribution is 2.23. The van der Waals surface area contributed by atoms with Gasteiger partial charge in [0.25, 0.3) is 0 Å². The van der Waals surface area contributed by atoms with Gasteiger partial charge < -0.3 is 15.3 Å². The molecule has 30 heavy (non-hydrogen) atoms. The van der Waals surface area contributed by atoms with Crippen LogP contribution >= 0.6 is 0 Å². The number of anilines is 1. The van der Waals surface area contributed by atoms with Crippen LogP contribution in [0.3, 0.4) is 0 Å². The lowest BCUT2D eigenvalue weighted by atomic mass is 10.1. The van der Waals surface area contributed by atoms with Crippen LogP contribution in [0.4, 0.5) is 5.69 Å². The second-order valence-electron chi connectivity index (χ2n) is 7.40. The fourth-order valence-corrected chi connectivity index (χ4v) is 3.91. The van der Waals surface area contributed by atoms with Gasteiger partial charge in [0.2, 0.25) is 5.91 Å². The van der Waals surface area contributed by atoms with Crippen LogP contribution in [0.15, 0.2) is 47.3 Å². The fourth-order valence-electron chi connectivity index (χ4n) is 3.91. The molecule has 0 unspecified atom stereocenters. The number of hydrogen-bond acceptors (Lipinski definition) is 4. The number of carbonyl (C=O) groups is 1. The summed E-state index contributed by atoms with van der Waals surface area (Å²) in [6.45, 7) is 3.98. The maximum atomic E-state index is 12.5.